The van der Waals surface area contributed by atoms with E-state index in [0.717, 1.165) is 32.1 Å². The van der Waals surface area contributed by atoms with E-state index in [1.165, 1.54) is 19.2 Å². The average molecular weight is 424 g/mol. The molecule has 2 heterocycles. The van der Waals surface area contributed by atoms with Crippen LogP contribution in [0.2, 0.25) is 0 Å². The van der Waals surface area contributed by atoms with Gasteiger partial charge in [-0.2, -0.15) is 13.2 Å². The highest BCUT2D eigenvalue weighted by Gasteiger charge is 2.33. The SMILES string of the molecule is CNc1ncc(-c2cccc(C(F)(F)F)c2C)cc1N(C=O)CCN1CC(P)C1. The lowest BCUT2D eigenvalue weighted by atomic mass is 9.97. The summed E-state index contributed by atoms with van der Waals surface area (Å²) in [6.07, 6.45) is -2.17. The Morgan fingerprint density at radius 2 is 2.10 bits per heavy atom. The number of pyridine rings is 1. The molecule has 0 bridgehead atoms. The third-order valence-corrected chi connectivity index (χ3v) is 5.56. The number of hydrogen-bond acceptors (Lipinski definition) is 4. The third-order valence-electron chi connectivity index (χ3n) is 5.13. The van der Waals surface area contributed by atoms with Gasteiger partial charge in [0, 0.05) is 45.0 Å². The van der Waals surface area contributed by atoms with Gasteiger partial charge in [0.2, 0.25) is 6.41 Å². The molecule has 1 amide bonds. The number of carbonyl (C=O) groups excluding carboxylic acids is 1. The van der Waals surface area contributed by atoms with Crippen LogP contribution in [0, 0.1) is 6.92 Å². The summed E-state index contributed by atoms with van der Waals surface area (Å²) in [5.41, 5.74) is 1.56. The van der Waals surface area contributed by atoms with Crippen molar-refractivity contribution >= 4 is 27.2 Å². The fraction of sp³-hybridized carbons (Fsp3) is 0.400. The minimum atomic E-state index is -4.43. The van der Waals surface area contributed by atoms with Crippen molar-refractivity contribution in [2.24, 2.45) is 0 Å². The Morgan fingerprint density at radius 1 is 1.38 bits per heavy atom. The van der Waals surface area contributed by atoms with Crippen LogP contribution in [0.25, 0.3) is 11.1 Å². The number of halogens is 3. The van der Waals surface area contributed by atoms with E-state index in [4.69, 9.17) is 0 Å². The maximum Gasteiger partial charge on any atom is 0.416 e. The topological polar surface area (TPSA) is 48.5 Å². The van der Waals surface area contributed by atoms with Crippen molar-refractivity contribution in [2.45, 2.75) is 18.8 Å². The van der Waals surface area contributed by atoms with E-state index >= 15 is 0 Å². The van der Waals surface area contributed by atoms with E-state index in [9.17, 15) is 18.0 Å². The molecule has 1 atom stereocenters. The second kappa shape index (κ2) is 8.67. The molecule has 1 aliphatic heterocycles. The van der Waals surface area contributed by atoms with Gasteiger partial charge in [-0.15, -0.1) is 9.24 Å². The summed E-state index contributed by atoms with van der Waals surface area (Å²) in [4.78, 5) is 19.9. The molecule has 0 aliphatic carbocycles. The lowest BCUT2D eigenvalue weighted by Crippen LogP contribution is -2.50. The molecule has 0 saturated carbocycles. The van der Waals surface area contributed by atoms with E-state index < -0.39 is 11.7 Å². The monoisotopic (exact) mass is 424 g/mol. The lowest BCUT2D eigenvalue weighted by molar-refractivity contribution is -0.138. The van der Waals surface area contributed by atoms with Gasteiger partial charge in [0.15, 0.2) is 0 Å². The van der Waals surface area contributed by atoms with Gasteiger partial charge < -0.3 is 15.1 Å². The first-order valence-electron chi connectivity index (χ1n) is 9.29. The largest absolute Gasteiger partial charge is 0.416 e. The third kappa shape index (κ3) is 4.70. The molecule has 1 aromatic carbocycles. The molecule has 29 heavy (non-hydrogen) atoms. The number of likely N-dealkylation sites (tertiary alicyclic amines) is 1. The predicted molar refractivity (Wildman–Crippen MR) is 112 cm³/mol. The van der Waals surface area contributed by atoms with Crippen LogP contribution in [0.3, 0.4) is 0 Å². The predicted octanol–water partition coefficient (Wildman–Crippen LogP) is 3.64. The zero-order chi connectivity index (χ0) is 21.2. The highest BCUT2D eigenvalue weighted by Crippen LogP contribution is 2.37. The van der Waals surface area contributed by atoms with Gasteiger partial charge in [0.25, 0.3) is 0 Å². The maximum atomic E-state index is 13.3. The minimum absolute atomic E-state index is 0.134. The van der Waals surface area contributed by atoms with Crippen molar-refractivity contribution in [3.05, 3.63) is 41.6 Å². The Labute approximate surface area is 170 Å². The highest BCUT2D eigenvalue weighted by atomic mass is 31.0. The zero-order valence-corrected chi connectivity index (χ0v) is 17.5. The second-order valence-corrected chi connectivity index (χ2v) is 8.08. The average Bonchev–Trinajstić information content (AvgIpc) is 2.66. The van der Waals surface area contributed by atoms with E-state index in [1.54, 1.807) is 24.1 Å². The summed E-state index contributed by atoms with van der Waals surface area (Å²) < 4.78 is 39.8. The Bertz CT molecular complexity index is 885. The molecule has 3 rings (SSSR count). The first-order valence-corrected chi connectivity index (χ1v) is 9.96. The number of anilines is 2. The quantitative estimate of drug-likeness (QED) is 0.545. The van der Waals surface area contributed by atoms with Crippen molar-refractivity contribution in [1.82, 2.24) is 9.88 Å². The summed E-state index contributed by atoms with van der Waals surface area (Å²) in [6.45, 7) is 4.59. The van der Waals surface area contributed by atoms with Gasteiger partial charge in [-0.05, 0) is 35.8 Å². The Balaban J connectivity index is 1.93. The van der Waals surface area contributed by atoms with Crippen LogP contribution >= 0.6 is 9.24 Å². The first-order chi connectivity index (χ1) is 13.7. The summed E-state index contributed by atoms with van der Waals surface area (Å²) in [7, 11) is 4.47. The van der Waals surface area contributed by atoms with Crippen LogP contribution in [-0.2, 0) is 11.0 Å². The molecule has 0 radical (unpaired) electrons. The molecule has 2 aromatic rings. The molecule has 0 spiro atoms. The van der Waals surface area contributed by atoms with E-state index in [1.807, 2.05) is 0 Å². The summed E-state index contributed by atoms with van der Waals surface area (Å²) in [5, 5.41) is 2.95. The van der Waals surface area contributed by atoms with Gasteiger partial charge in [-0.1, -0.05) is 12.1 Å². The molecule has 1 aromatic heterocycles. The number of carbonyl (C=O) groups is 1. The second-order valence-electron chi connectivity index (χ2n) is 7.14. The summed E-state index contributed by atoms with van der Waals surface area (Å²) in [6, 6.07) is 5.80. The molecular formula is C20H24F3N4OP. The number of rotatable bonds is 7. The van der Waals surface area contributed by atoms with Crippen LogP contribution in [0.5, 0.6) is 0 Å². The molecule has 1 unspecified atom stereocenters. The van der Waals surface area contributed by atoms with Crippen LogP contribution in [0.1, 0.15) is 11.1 Å². The summed E-state index contributed by atoms with van der Waals surface area (Å²) >= 11 is 0. The van der Waals surface area contributed by atoms with E-state index in [0.29, 0.717) is 34.8 Å². The van der Waals surface area contributed by atoms with Crippen molar-refractivity contribution in [3.8, 4) is 11.1 Å². The molecular weight excluding hydrogens is 400 g/mol. The number of nitrogens with one attached hydrogen (secondary N) is 1. The van der Waals surface area contributed by atoms with Gasteiger partial charge >= 0.3 is 6.18 Å². The van der Waals surface area contributed by atoms with Gasteiger partial charge in [0.1, 0.15) is 5.82 Å². The lowest BCUT2D eigenvalue weighted by Gasteiger charge is -2.37. The Kier molecular flexibility index (Phi) is 6.44. The smallest absolute Gasteiger partial charge is 0.371 e. The fourth-order valence-corrected chi connectivity index (χ4v) is 4.14. The van der Waals surface area contributed by atoms with Crippen LogP contribution in [0.4, 0.5) is 24.7 Å². The number of hydrogen-bond donors (Lipinski definition) is 1. The highest BCUT2D eigenvalue weighted by molar-refractivity contribution is 7.17. The summed E-state index contributed by atoms with van der Waals surface area (Å²) in [5.74, 6) is 0.498. The molecule has 1 saturated heterocycles. The van der Waals surface area contributed by atoms with Crippen LogP contribution in [-0.4, -0.2) is 55.2 Å². The Morgan fingerprint density at radius 3 is 2.69 bits per heavy atom. The number of amides is 1. The molecule has 9 heteroatoms. The van der Waals surface area contributed by atoms with E-state index in [-0.39, 0.29) is 5.56 Å². The van der Waals surface area contributed by atoms with E-state index in [2.05, 4.69) is 24.4 Å². The van der Waals surface area contributed by atoms with Crippen molar-refractivity contribution in [3.63, 3.8) is 0 Å². The Hall–Kier alpha value is -2.18. The maximum absolute atomic E-state index is 13.3. The minimum Gasteiger partial charge on any atom is -0.371 e. The zero-order valence-electron chi connectivity index (χ0n) is 16.3. The van der Waals surface area contributed by atoms with Crippen LogP contribution in [0.15, 0.2) is 30.5 Å². The van der Waals surface area contributed by atoms with Crippen molar-refractivity contribution < 1.29 is 18.0 Å². The molecule has 156 valence electrons. The normalized spacial score (nSPS) is 15.1. The number of nitrogens with zero attached hydrogens (tertiary/aromatic N) is 3. The standard InChI is InChI=1S/C20H24F3N4OP/c1-13-16(4-3-5-17(13)20(21,22)23)14-8-18(19(24-2)25-9-14)27(12-28)7-6-26-10-15(29)11-26/h3-5,8-9,12,15H,6-7,10-11,29H2,1-2H3,(H,24,25). The number of aromatic nitrogens is 1. The molecule has 1 aliphatic rings. The number of benzene rings is 1. The molecule has 1 fully saturated rings. The molecule has 5 nitrogen and oxygen atoms in total. The first kappa shape index (κ1) is 21.5. The van der Waals surface area contributed by atoms with Crippen molar-refractivity contribution in [1.29, 1.82) is 0 Å². The van der Waals surface area contributed by atoms with Gasteiger partial charge in [-0.25, -0.2) is 4.98 Å². The molecule has 1 N–H and O–H groups in total. The van der Waals surface area contributed by atoms with Gasteiger partial charge in [0.05, 0.1) is 11.3 Å². The van der Waals surface area contributed by atoms with Crippen molar-refractivity contribution in [2.75, 3.05) is 43.4 Å². The van der Waals surface area contributed by atoms with Crippen LogP contribution < -0.4 is 10.2 Å². The fourth-order valence-electron chi connectivity index (χ4n) is 3.54. The number of alkyl halides is 3. The van der Waals surface area contributed by atoms with Gasteiger partial charge in [-0.3, -0.25) is 4.79 Å².